The quantitative estimate of drug-likeness (QED) is 0.477. The van der Waals surface area contributed by atoms with E-state index in [1.165, 1.54) is 6.92 Å². The van der Waals surface area contributed by atoms with Gasteiger partial charge < -0.3 is 34.0 Å². The summed E-state index contributed by atoms with van der Waals surface area (Å²) in [5, 5.41) is 5.99. The number of amides is 4. The normalized spacial score (nSPS) is 24.3. The number of benzene rings is 1. The molecule has 232 valence electrons. The number of nitrogens with one attached hydrogen (secondary N) is 2. The minimum Gasteiger partial charge on any atom is -0.493 e. The van der Waals surface area contributed by atoms with Gasteiger partial charge in [0.25, 0.3) is 0 Å². The first kappa shape index (κ1) is 30.3. The molecule has 5 rings (SSSR count). The van der Waals surface area contributed by atoms with Crippen LogP contribution in [0.2, 0.25) is 0 Å². The number of aryl methyl sites for hydroxylation is 1. The summed E-state index contributed by atoms with van der Waals surface area (Å²) in [6.45, 7) is 5.73. The maximum absolute atomic E-state index is 14.1. The smallest absolute Gasteiger partial charge is 0.493 e. The molecule has 13 heteroatoms. The third-order valence-electron chi connectivity index (χ3n) is 8.80. The molecule has 1 aromatic carbocycles. The fourth-order valence-corrected chi connectivity index (χ4v) is 6.16. The minimum atomic E-state index is -1.04. The predicted molar refractivity (Wildman–Crippen MR) is 153 cm³/mol. The molecule has 0 radical (unpaired) electrons. The van der Waals surface area contributed by atoms with Gasteiger partial charge in [-0.25, -0.2) is 4.79 Å². The van der Waals surface area contributed by atoms with Gasteiger partial charge in [-0.2, -0.15) is 0 Å². The zero-order valence-corrected chi connectivity index (χ0v) is 25.0. The summed E-state index contributed by atoms with van der Waals surface area (Å²) < 4.78 is 15.7. The molecule has 2 saturated heterocycles. The first-order valence-corrected chi connectivity index (χ1v) is 14.7. The molecular formula is C30H39N5O8. The van der Waals surface area contributed by atoms with Crippen LogP contribution >= 0.6 is 0 Å². The van der Waals surface area contributed by atoms with Crippen LogP contribution in [0.1, 0.15) is 62.7 Å². The number of hydrogen-bond donors (Lipinski definition) is 2. The molecule has 3 aliphatic rings. The lowest BCUT2D eigenvalue weighted by molar-refractivity contribution is -0.147. The number of carbonyl (C=O) groups is 4. The van der Waals surface area contributed by atoms with Crippen LogP contribution in [0.25, 0.3) is 0 Å². The number of nitrogens with zero attached hydrogens (tertiary/aromatic N) is 3. The van der Waals surface area contributed by atoms with Crippen molar-refractivity contribution in [1.82, 2.24) is 25.3 Å². The lowest BCUT2D eigenvalue weighted by Gasteiger charge is -2.39. The Bertz CT molecular complexity index is 1440. The van der Waals surface area contributed by atoms with E-state index in [-0.39, 0.29) is 42.9 Å². The average molecular weight is 598 g/mol. The lowest BCUT2D eigenvalue weighted by atomic mass is 10.00. The zero-order valence-electron chi connectivity index (χ0n) is 25.0. The molecule has 0 saturated carbocycles. The number of ether oxygens (including phenoxy) is 1. The summed E-state index contributed by atoms with van der Waals surface area (Å²) in [6.07, 6.45) is 2.27. The highest BCUT2D eigenvalue weighted by Gasteiger charge is 2.46. The third-order valence-corrected chi connectivity index (χ3v) is 8.80. The number of para-hydroxylation sites is 1. The molecule has 5 atom stereocenters. The van der Waals surface area contributed by atoms with Crippen molar-refractivity contribution in [3.05, 3.63) is 52.0 Å². The highest BCUT2D eigenvalue weighted by atomic mass is 16.6. The molecule has 4 amide bonds. The van der Waals surface area contributed by atoms with E-state index in [0.717, 1.165) is 11.3 Å². The van der Waals surface area contributed by atoms with Gasteiger partial charge in [-0.15, -0.1) is 0 Å². The van der Waals surface area contributed by atoms with Gasteiger partial charge in [0.05, 0.1) is 25.2 Å². The van der Waals surface area contributed by atoms with E-state index in [2.05, 4.69) is 10.6 Å². The molecule has 3 aliphatic heterocycles. The van der Waals surface area contributed by atoms with Gasteiger partial charge in [0.15, 0.2) is 5.76 Å². The van der Waals surface area contributed by atoms with Gasteiger partial charge in [0.1, 0.15) is 23.6 Å². The molecule has 2 N–H and O–H groups in total. The molecule has 2 fully saturated rings. The summed E-state index contributed by atoms with van der Waals surface area (Å²) >= 11 is 0. The Balaban J connectivity index is 1.32. The second-order valence-corrected chi connectivity index (χ2v) is 11.6. The SMILES string of the molecule is CC(=O)N1CC[C@H]2CC[C@@H](C(=O)N[C@@H]3CCOc4ccccc43)N2C(=O)[C@@H](NC(=O)[C@H](C)N(C)Cc2oc(=O)oc2C)C1. The van der Waals surface area contributed by atoms with E-state index in [4.69, 9.17) is 13.6 Å². The summed E-state index contributed by atoms with van der Waals surface area (Å²) in [5.74, 6) is -0.712. The monoisotopic (exact) mass is 597 g/mol. The molecule has 1 aromatic heterocycles. The van der Waals surface area contributed by atoms with Crippen molar-refractivity contribution in [3.63, 3.8) is 0 Å². The van der Waals surface area contributed by atoms with Gasteiger partial charge >= 0.3 is 5.82 Å². The number of likely N-dealkylation sites (N-methyl/N-ethyl adjacent to an activating group) is 1. The van der Waals surface area contributed by atoms with E-state index in [9.17, 15) is 24.0 Å². The molecule has 0 spiro atoms. The summed E-state index contributed by atoms with van der Waals surface area (Å²) in [4.78, 5) is 69.9. The van der Waals surface area contributed by atoms with Crippen LogP contribution in [0, 0.1) is 6.92 Å². The molecule has 0 unspecified atom stereocenters. The Morgan fingerprint density at radius 2 is 1.81 bits per heavy atom. The first-order valence-electron chi connectivity index (χ1n) is 14.7. The molecule has 4 heterocycles. The Kier molecular flexibility index (Phi) is 8.90. The largest absolute Gasteiger partial charge is 0.519 e. The standard InChI is InChI=1S/C30H39N5O8/c1-17(33(4)16-26-18(2)42-30(40)43-26)27(37)32-23-15-34(19(3)36)13-11-20-9-10-24(35(20)29(23)39)28(38)31-22-12-14-41-25-8-6-5-7-21(22)25/h5-8,17,20,22-24H,9-16H2,1-4H3,(H,31,38)(H,32,37)/t17-,20+,22+,23-,24-/m0/s1. The topological polar surface area (TPSA) is 155 Å². The summed E-state index contributed by atoms with van der Waals surface area (Å²) in [7, 11) is 1.68. The van der Waals surface area contributed by atoms with E-state index >= 15 is 0 Å². The van der Waals surface area contributed by atoms with Gasteiger partial charge in [0.2, 0.25) is 23.6 Å². The highest BCUT2D eigenvalue weighted by molar-refractivity contribution is 5.94. The van der Waals surface area contributed by atoms with Crippen molar-refractivity contribution in [1.29, 1.82) is 0 Å². The lowest BCUT2D eigenvalue weighted by Crippen LogP contribution is -2.62. The number of rotatable bonds is 7. The number of hydrogen-bond acceptors (Lipinski definition) is 9. The van der Waals surface area contributed by atoms with Gasteiger partial charge in [-0.3, -0.25) is 24.1 Å². The van der Waals surface area contributed by atoms with E-state index < -0.39 is 29.9 Å². The van der Waals surface area contributed by atoms with Gasteiger partial charge in [0, 0.05) is 38.0 Å². The summed E-state index contributed by atoms with van der Waals surface area (Å²) in [6, 6.07) is 4.67. The molecule has 0 aliphatic carbocycles. The Morgan fingerprint density at radius 1 is 1.05 bits per heavy atom. The van der Waals surface area contributed by atoms with Crippen LogP contribution in [0.3, 0.4) is 0 Å². The van der Waals surface area contributed by atoms with E-state index in [1.54, 1.807) is 35.6 Å². The zero-order chi connectivity index (χ0) is 30.8. The second kappa shape index (κ2) is 12.6. The predicted octanol–water partition coefficient (Wildman–Crippen LogP) is 1.10. The molecule has 13 nitrogen and oxygen atoms in total. The molecular weight excluding hydrogens is 558 g/mol. The molecule has 0 bridgehead atoms. The molecule has 2 aromatic rings. The Morgan fingerprint density at radius 3 is 2.53 bits per heavy atom. The Labute approximate surface area is 249 Å². The third kappa shape index (κ3) is 6.46. The maximum Gasteiger partial charge on any atom is 0.519 e. The van der Waals surface area contributed by atoms with Crippen LogP contribution < -0.4 is 21.2 Å². The van der Waals surface area contributed by atoms with E-state index in [0.29, 0.717) is 50.4 Å². The van der Waals surface area contributed by atoms with Crippen LogP contribution in [0.5, 0.6) is 5.75 Å². The van der Waals surface area contributed by atoms with Gasteiger partial charge in [-0.05, 0) is 46.2 Å². The number of carbonyl (C=O) groups excluding carboxylic acids is 4. The van der Waals surface area contributed by atoms with Crippen molar-refractivity contribution in [2.45, 2.75) is 83.2 Å². The average Bonchev–Trinajstić information content (AvgIpc) is 3.54. The number of fused-ring (bicyclic) bond motifs is 2. The van der Waals surface area contributed by atoms with Crippen molar-refractivity contribution in [2.75, 3.05) is 26.7 Å². The van der Waals surface area contributed by atoms with Crippen LogP contribution in [-0.4, -0.2) is 89.2 Å². The summed E-state index contributed by atoms with van der Waals surface area (Å²) in [5.41, 5.74) is 0.904. The fraction of sp³-hybridized carbons (Fsp3) is 0.567. The fourth-order valence-electron chi connectivity index (χ4n) is 6.16. The molecule has 43 heavy (non-hydrogen) atoms. The van der Waals surface area contributed by atoms with Crippen molar-refractivity contribution in [2.24, 2.45) is 0 Å². The van der Waals surface area contributed by atoms with Crippen molar-refractivity contribution < 1.29 is 32.7 Å². The maximum atomic E-state index is 14.1. The minimum absolute atomic E-state index is 0.00302. The van der Waals surface area contributed by atoms with Crippen LogP contribution in [0.15, 0.2) is 37.9 Å². The second-order valence-electron chi connectivity index (χ2n) is 11.6. The van der Waals surface area contributed by atoms with Crippen LogP contribution in [0.4, 0.5) is 0 Å². The van der Waals surface area contributed by atoms with Crippen molar-refractivity contribution >= 4 is 23.6 Å². The van der Waals surface area contributed by atoms with E-state index in [1.807, 2.05) is 24.3 Å². The highest BCUT2D eigenvalue weighted by Crippen LogP contribution is 2.34. The van der Waals surface area contributed by atoms with Crippen molar-refractivity contribution in [3.8, 4) is 5.75 Å². The first-order chi connectivity index (χ1) is 20.5. The van der Waals surface area contributed by atoms with Gasteiger partial charge in [-0.1, -0.05) is 18.2 Å². The Hall–Kier alpha value is -4.13. The van der Waals surface area contributed by atoms with Crippen LogP contribution in [-0.2, 0) is 25.7 Å².